The molecule has 8 nitrogen and oxygen atoms in total. The first-order chi connectivity index (χ1) is 18.4. The highest BCUT2D eigenvalue weighted by molar-refractivity contribution is 6.19. The number of hydrogen-bond donors (Lipinski definition) is 0. The van der Waals surface area contributed by atoms with Gasteiger partial charge in [-0.05, 0) is 55.8 Å². The van der Waals surface area contributed by atoms with Gasteiger partial charge in [0, 0.05) is 30.2 Å². The molecule has 3 aromatic heterocycles. The lowest BCUT2D eigenvalue weighted by molar-refractivity contribution is -0.140. The summed E-state index contributed by atoms with van der Waals surface area (Å²) in [6.07, 6.45) is 1.74. The molecule has 0 radical (unpaired) electrons. The minimum absolute atomic E-state index is 0.0228. The number of para-hydroxylation sites is 2. The summed E-state index contributed by atoms with van der Waals surface area (Å²) in [5, 5.41) is 10.6. The van der Waals surface area contributed by atoms with E-state index in [0.29, 0.717) is 34.1 Å². The van der Waals surface area contributed by atoms with E-state index >= 15 is 0 Å². The Bertz CT molecular complexity index is 1840. The molecule has 0 N–H and O–H groups in total. The van der Waals surface area contributed by atoms with Gasteiger partial charge in [0.15, 0.2) is 17.2 Å². The normalized spacial score (nSPS) is 15.3. The Morgan fingerprint density at radius 3 is 2.47 bits per heavy atom. The van der Waals surface area contributed by atoms with Crippen LogP contribution < -0.4 is 0 Å². The minimum Gasteiger partial charge on any atom is -0.453 e. The number of benzene rings is 2. The minimum atomic E-state index is -0.560. The number of aromatic nitrogens is 3. The van der Waals surface area contributed by atoms with Crippen molar-refractivity contribution in [2.24, 2.45) is 7.05 Å². The maximum Gasteiger partial charge on any atom is 0.271 e. The van der Waals surface area contributed by atoms with Gasteiger partial charge in [0.1, 0.15) is 17.2 Å². The van der Waals surface area contributed by atoms with Crippen LogP contribution in [0.4, 0.5) is 0 Å². The first kappa shape index (κ1) is 23.3. The van der Waals surface area contributed by atoms with Crippen LogP contribution in [0.25, 0.3) is 45.5 Å². The molecule has 0 fully saturated rings. The summed E-state index contributed by atoms with van der Waals surface area (Å²) >= 11 is 0. The van der Waals surface area contributed by atoms with Crippen molar-refractivity contribution < 1.29 is 14.0 Å². The predicted molar refractivity (Wildman–Crippen MR) is 144 cm³/mol. The van der Waals surface area contributed by atoms with Crippen LogP contribution in [0, 0.1) is 11.3 Å². The topological polar surface area (TPSA) is 97.1 Å². The molecule has 2 amide bonds. The summed E-state index contributed by atoms with van der Waals surface area (Å²) < 4.78 is 10.0. The van der Waals surface area contributed by atoms with Crippen LogP contribution >= 0.6 is 0 Å². The zero-order valence-corrected chi connectivity index (χ0v) is 21.1. The summed E-state index contributed by atoms with van der Waals surface area (Å²) in [6, 6.07) is 23.4. The number of rotatable bonds is 4. The van der Waals surface area contributed by atoms with E-state index in [-0.39, 0.29) is 12.1 Å². The van der Waals surface area contributed by atoms with Gasteiger partial charge in [-0.25, -0.2) is 4.98 Å². The van der Waals surface area contributed by atoms with Crippen molar-refractivity contribution in [1.82, 2.24) is 19.0 Å². The number of likely N-dealkylation sites (N-methyl/N-ethyl adjacent to an activating group) is 1. The van der Waals surface area contributed by atoms with Gasteiger partial charge in [0.25, 0.3) is 11.8 Å². The Kier molecular flexibility index (Phi) is 5.35. The van der Waals surface area contributed by atoms with E-state index in [0.717, 1.165) is 27.1 Å². The number of amides is 2. The number of aryl methyl sites for hydroxylation is 1. The quantitative estimate of drug-likeness (QED) is 0.243. The van der Waals surface area contributed by atoms with Crippen LogP contribution in [-0.2, 0) is 16.6 Å². The lowest BCUT2D eigenvalue weighted by Gasteiger charge is -2.26. The van der Waals surface area contributed by atoms with Gasteiger partial charge in [0.05, 0.1) is 11.2 Å². The average molecular weight is 502 g/mol. The third-order valence-corrected chi connectivity index (χ3v) is 6.97. The molecule has 6 rings (SSSR count). The summed E-state index contributed by atoms with van der Waals surface area (Å²) in [5.41, 5.74) is 4.52. The highest BCUT2D eigenvalue weighted by atomic mass is 16.3. The van der Waals surface area contributed by atoms with Crippen LogP contribution in [0.3, 0.4) is 0 Å². The lowest BCUT2D eigenvalue weighted by atomic mass is 9.94. The number of nitrogens with zero attached hydrogens (tertiary/aromatic N) is 5. The highest BCUT2D eigenvalue weighted by Gasteiger charge is 2.34. The van der Waals surface area contributed by atoms with Gasteiger partial charge in [0.2, 0.25) is 0 Å². The number of furan rings is 1. The molecular formula is C30H23N5O3. The third kappa shape index (κ3) is 3.40. The molecular weight excluding hydrogens is 478 g/mol. The second kappa shape index (κ2) is 8.75. The highest BCUT2D eigenvalue weighted by Crippen LogP contribution is 2.34. The molecule has 0 spiro atoms. The number of imidazole rings is 1. The number of fused-ring (bicyclic) bond motifs is 2. The van der Waals surface area contributed by atoms with Crippen LogP contribution in [0.2, 0.25) is 0 Å². The van der Waals surface area contributed by atoms with E-state index in [1.54, 1.807) is 19.9 Å². The van der Waals surface area contributed by atoms with Crippen molar-refractivity contribution in [2.75, 3.05) is 6.54 Å². The van der Waals surface area contributed by atoms with E-state index in [2.05, 4.69) is 0 Å². The Labute approximate surface area is 218 Å². The van der Waals surface area contributed by atoms with Crippen molar-refractivity contribution in [2.45, 2.75) is 13.8 Å². The van der Waals surface area contributed by atoms with Gasteiger partial charge < -0.3 is 8.98 Å². The number of carbonyl (C=O) groups is 2. The van der Waals surface area contributed by atoms with Crippen molar-refractivity contribution in [1.29, 1.82) is 5.26 Å². The van der Waals surface area contributed by atoms with Crippen LogP contribution in [-0.4, -0.2) is 37.4 Å². The van der Waals surface area contributed by atoms with Crippen molar-refractivity contribution >= 4 is 40.0 Å². The first-order valence-corrected chi connectivity index (χ1v) is 12.2. The smallest absolute Gasteiger partial charge is 0.271 e. The summed E-state index contributed by atoms with van der Waals surface area (Å²) in [4.78, 5) is 32.0. The van der Waals surface area contributed by atoms with E-state index in [9.17, 15) is 14.9 Å². The van der Waals surface area contributed by atoms with Crippen molar-refractivity contribution in [3.8, 4) is 23.3 Å². The summed E-state index contributed by atoms with van der Waals surface area (Å²) in [7, 11) is 1.92. The molecule has 0 aliphatic carbocycles. The monoisotopic (exact) mass is 501 g/mol. The fraction of sp³-hybridized carbons (Fsp3) is 0.133. The molecule has 8 heteroatoms. The molecule has 5 aromatic rings. The van der Waals surface area contributed by atoms with Gasteiger partial charge >= 0.3 is 0 Å². The molecule has 38 heavy (non-hydrogen) atoms. The summed E-state index contributed by atoms with van der Waals surface area (Å²) in [5.74, 6) is 0.348. The molecule has 0 saturated carbocycles. The molecule has 1 aliphatic rings. The van der Waals surface area contributed by atoms with Crippen molar-refractivity contribution in [3.05, 3.63) is 89.1 Å². The van der Waals surface area contributed by atoms with Crippen LogP contribution in [0.1, 0.15) is 19.5 Å². The molecule has 0 saturated heterocycles. The Morgan fingerprint density at radius 1 is 1.03 bits per heavy atom. The third-order valence-electron chi connectivity index (χ3n) is 6.97. The second-order valence-electron chi connectivity index (χ2n) is 9.12. The Balaban J connectivity index is 1.59. The molecule has 1 aliphatic heterocycles. The fourth-order valence-corrected chi connectivity index (χ4v) is 4.98. The Hall–Kier alpha value is -5.16. The van der Waals surface area contributed by atoms with Gasteiger partial charge in [-0.1, -0.05) is 36.4 Å². The van der Waals surface area contributed by atoms with E-state index in [1.807, 2.05) is 89.0 Å². The lowest BCUT2D eigenvalue weighted by Crippen LogP contribution is -2.42. The van der Waals surface area contributed by atoms with Gasteiger partial charge in [-0.3, -0.25) is 19.1 Å². The number of carbonyl (C=O) groups excluding carboxylic acids is 2. The molecule has 0 bridgehead atoms. The first-order valence-electron chi connectivity index (χ1n) is 12.2. The molecule has 2 aromatic carbocycles. The zero-order valence-electron chi connectivity index (χ0n) is 21.1. The maximum absolute atomic E-state index is 13.3. The predicted octanol–water partition coefficient (Wildman–Crippen LogP) is 5.39. The number of hydrogen-bond acceptors (Lipinski definition) is 5. The average Bonchev–Trinajstić information content (AvgIpc) is 3.60. The van der Waals surface area contributed by atoms with Crippen molar-refractivity contribution in [3.63, 3.8) is 0 Å². The standard InChI is InChI=1S/C30H23N5O3/c1-4-34-29(36)22(18(2)23(17-31)30(34)37)15-21-16-24-27(35(21)20-11-6-5-7-12-20)32-28(33(24)3)26-14-19-10-8-9-13-25(19)38-26/h5-16H,4H2,1-3H3/b22-15-. The van der Waals surface area contributed by atoms with Crippen LogP contribution in [0.15, 0.2) is 87.9 Å². The van der Waals surface area contributed by atoms with E-state index in [4.69, 9.17) is 9.40 Å². The molecule has 0 unspecified atom stereocenters. The van der Waals surface area contributed by atoms with E-state index in [1.165, 1.54) is 0 Å². The fourth-order valence-electron chi connectivity index (χ4n) is 4.98. The second-order valence-corrected chi connectivity index (χ2v) is 9.12. The van der Waals surface area contributed by atoms with Gasteiger partial charge in [-0.2, -0.15) is 5.26 Å². The largest absolute Gasteiger partial charge is 0.453 e. The molecule has 4 heterocycles. The molecule has 0 atom stereocenters. The number of nitriles is 1. The van der Waals surface area contributed by atoms with E-state index < -0.39 is 11.8 Å². The maximum atomic E-state index is 13.3. The van der Waals surface area contributed by atoms with Gasteiger partial charge in [-0.15, -0.1) is 0 Å². The summed E-state index contributed by atoms with van der Waals surface area (Å²) in [6.45, 7) is 3.53. The SMILES string of the molecule is CCN1C(=O)C(C#N)=C(C)/C(=C/c2cc3c(nc(-c4cc5ccccc5o4)n3C)n2-c2ccccc2)C1=O. The molecule has 186 valence electrons. The number of imide groups is 1. The zero-order chi connectivity index (χ0) is 26.6. The van der Waals surface area contributed by atoms with Crippen LogP contribution in [0.5, 0.6) is 0 Å². The Morgan fingerprint density at radius 2 is 1.76 bits per heavy atom.